The van der Waals surface area contributed by atoms with Gasteiger partial charge in [0.2, 0.25) is 5.91 Å². The van der Waals surface area contributed by atoms with Gasteiger partial charge in [-0.25, -0.2) is 0 Å². The molecule has 2 atom stereocenters. The topological polar surface area (TPSA) is 44.4 Å². The van der Waals surface area contributed by atoms with Crippen molar-refractivity contribution < 1.29 is 4.79 Å². The molecule has 1 aromatic carbocycles. The second-order valence-corrected chi connectivity index (χ2v) is 7.80. The van der Waals surface area contributed by atoms with Gasteiger partial charge in [-0.2, -0.15) is 0 Å². The molecular weight excluding hydrogens is 346 g/mol. The molecule has 2 aliphatic rings. The lowest BCUT2D eigenvalue weighted by atomic mass is 9.92. The quantitative estimate of drug-likeness (QED) is 0.823. The van der Waals surface area contributed by atoms with Crippen LogP contribution in [0.15, 0.2) is 24.3 Å². The number of likely N-dealkylation sites (tertiary alicyclic amines) is 1. The number of benzene rings is 1. The van der Waals surface area contributed by atoms with E-state index >= 15 is 0 Å². The van der Waals surface area contributed by atoms with Crippen LogP contribution in [0, 0.1) is 5.92 Å². The third kappa shape index (κ3) is 6.57. The standard InChI is InChI=1S/C21H33N3O.ClH/c1-17-13-20(9-10-22-17)21(25)23-15-18-7-6-8-19(14-18)16-24-11-4-2-3-5-12-24;/h6-8,14,17,20,22H,2-5,9-13,15-16H2,1H3,(H,23,25);1H/t17-,20-;/m0./s1. The average Bonchev–Trinajstić information content (AvgIpc) is 2.89. The predicted molar refractivity (Wildman–Crippen MR) is 109 cm³/mol. The summed E-state index contributed by atoms with van der Waals surface area (Å²) < 4.78 is 0. The zero-order valence-corrected chi connectivity index (χ0v) is 16.8. The Labute approximate surface area is 164 Å². The minimum absolute atomic E-state index is 0. The van der Waals surface area contributed by atoms with Gasteiger partial charge in [0.1, 0.15) is 0 Å². The van der Waals surface area contributed by atoms with Crippen molar-refractivity contribution in [3.8, 4) is 0 Å². The van der Waals surface area contributed by atoms with E-state index in [9.17, 15) is 4.79 Å². The van der Waals surface area contributed by atoms with Crippen molar-refractivity contribution in [1.82, 2.24) is 15.5 Å². The van der Waals surface area contributed by atoms with Crippen LogP contribution >= 0.6 is 12.4 Å². The van der Waals surface area contributed by atoms with Crippen LogP contribution < -0.4 is 10.6 Å². The summed E-state index contributed by atoms with van der Waals surface area (Å²) in [4.78, 5) is 15.0. The van der Waals surface area contributed by atoms with Gasteiger partial charge in [-0.15, -0.1) is 12.4 Å². The number of amides is 1. The summed E-state index contributed by atoms with van der Waals surface area (Å²) in [5.41, 5.74) is 2.58. The van der Waals surface area contributed by atoms with Crippen LogP contribution in [0.4, 0.5) is 0 Å². The average molecular weight is 380 g/mol. The number of carbonyl (C=O) groups is 1. The van der Waals surface area contributed by atoms with Gasteiger partial charge in [-0.3, -0.25) is 9.69 Å². The first-order chi connectivity index (χ1) is 12.2. The zero-order chi connectivity index (χ0) is 17.5. The van der Waals surface area contributed by atoms with E-state index in [2.05, 4.69) is 46.7 Å². The van der Waals surface area contributed by atoms with Crippen molar-refractivity contribution in [1.29, 1.82) is 0 Å². The van der Waals surface area contributed by atoms with Gasteiger partial charge >= 0.3 is 0 Å². The highest BCUT2D eigenvalue weighted by Gasteiger charge is 2.24. The molecule has 0 unspecified atom stereocenters. The lowest BCUT2D eigenvalue weighted by Gasteiger charge is -2.27. The number of carbonyl (C=O) groups excluding carboxylic acids is 1. The molecule has 4 nitrogen and oxygen atoms in total. The van der Waals surface area contributed by atoms with E-state index in [4.69, 9.17) is 0 Å². The molecule has 1 amide bonds. The molecule has 0 aliphatic carbocycles. The molecule has 26 heavy (non-hydrogen) atoms. The van der Waals surface area contributed by atoms with E-state index in [0.29, 0.717) is 12.6 Å². The second-order valence-electron chi connectivity index (χ2n) is 7.80. The SMILES string of the molecule is C[C@H]1C[C@@H](C(=O)NCc2cccc(CN3CCCCCC3)c2)CCN1.Cl. The van der Waals surface area contributed by atoms with E-state index in [0.717, 1.165) is 25.9 Å². The number of hydrogen-bond donors (Lipinski definition) is 2. The van der Waals surface area contributed by atoms with Gasteiger partial charge in [-0.1, -0.05) is 37.1 Å². The van der Waals surface area contributed by atoms with Crippen LogP contribution in [0.25, 0.3) is 0 Å². The van der Waals surface area contributed by atoms with Crippen molar-refractivity contribution in [2.24, 2.45) is 5.92 Å². The van der Waals surface area contributed by atoms with E-state index in [1.165, 1.54) is 49.9 Å². The molecule has 3 rings (SSSR count). The van der Waals surface area contributed by atoms with Gasteiger partial charge in [0.25, 0.3) is 0 Å². The maximum absolute atomic E-state index is 12.4. The third-order valence-corrected chi connectivity index (χ3v) is 5.56. The molecule has 0 spiro atoms. The van der Waals surface area contributed by atoms with Crippen molar-refractivity contribution in [2.45, 2.75) is 64.6 Å². The van der Waals surface area contributed by atoms with Crippen LogP contribution in [0.3, 0.4) is 0 Å². The molecule has 5 heteroatoms. The number of rotatable bonds is 5. The molecular formula is C21H34ClN3O. The first kappa shape index (κ1) is 21.2. The van der Waals surface area contributed by atoms with Crippen LogP contribution in [-0.2, 0) is 17.9 Å². The van der Waals surface area contributed by atoms with E-state index in [1.54, 1.807) is 0 Å². The maximum atomic E-state index is 12.4. The molecule has 2 aliphatic heterocycles. The van der Waals surface area contributed by atoms with Crippen molar-refractivity contribution in [3.05, 3.63) is 35.4 Å². The van der Waals surface area contributed by atoms with E-state index < -0.39 is 0 Å². The van der Waals surface area contributed by atoms with Gasteiger partial charge < -0.3 is 10.6 Å². The predicted octanol–water partition coefficient (Wildman–Crippen LogP) is 3.49. The van der Waals surface area contributed by atoms with E-state index in [-0.39, 0.29) is 24.2 Å². The third-order valence-electron chi connectivity index (χ3n) is 5.56. The van der Waals surface area contributed by atoms with Gasteiger partial charge in [0, 0.05) is 25.0 Å². The Morgan fingerprint density at radius 1 is 1.19 bits per heavy atom. The second kappa shape index (κ2) is 10.9. The van der Waals surface area contributed by atoms with Crippen LogP contribution in [0.1, 0.15) is 56.6 Å². The number of nitrogens with one attached hydrogen (secondary N) is 2. The molecule has 1 aromatic rings. The van der Waals surface area contributed by atoms with Gasteiger partial charge in [0.15, 0.2) is 0 Å². The van der Waals surface area contributed by atoms with Crippen molar-refractivity contribution in [3.63, 3.8) is 0 Å². The molecule has 2 saturated heterocycles. The molecule has 2 N–H and O–H groups in total. The maximum Gasteiger partial charge on any atom is 0.223 e. The lowest BCUT2D eigenvalue weighted by molar-refractivity contribution is -0.126. The Hall–Kier alpha value is -1.10. The van der Waals surface area contributed by atoms with Crippen molar-refractivity contribution >= 4 is 18.3 Å². The number of piperidine rings is 1. The minimum Gasteiger partial charge on any atom is -0.352 e. The minimum atomic E-state index is 0. The summed E-state index contributed by atoms with van der Waals surface area (Å²) in [6.45, 7) is 7.22. The summed E-state index contributed by atoms with van der Waals surface area (Å²) in [5, 5.41) is 6.56. The fourth-order valence-corrected chi connectivity index (χ4v) is 4.09. The summed E-state index contributed by atoms with van der Waals surface area (Å²) >= 11 is 0. The largest absolute Gasteiger partial charge is 0.352 e. The highest BCUT2D eigenvalue weighted by molar-refractivity contribution is 5.85. The Balaban J connectivity index is 0.00000243. The fraction of sp³-hybridized carbons (Fsp3) is 0.667. The molecule has 0 aromatic heterocycles. The highest BCUT2D eigenvalue weighted by Crippen LogP contribution is 2.17. The van der Waals surface area contributed by atoms with E-state index in [1.807, 2.05) is 0 Å². The first-order valence-corrected chi connectivity index (χ1v) is 10.0. The normalized spacial score (nSPS) is 24.3. The van der Waals surface area contributed by atoms with Crippen molar-refractivity contribution in [2.75, 3.05) is 19.6 Å². The molecule has 0 saturated carbocycles. The van der Waals surface area contributed by atoms with Crippen LogP contribution in [0.2, 0.25) is 0 Å². The van der Waals surface area contributed by atoms with Gasteiger partial charge in [0.05, 0.1) is 0 Å². The van der Waals surface area contributed by atoms with Gasteiger partial charge in [-0.05, 0) is 63.4 Å². The summed E-state index contributed by atoms with van der Waals surface area (Å²) in [5.74, 6) is 0.378. The Morgan fingerprint density at radius 2 is 1.92 bits per heavy atom. The molecule has 0 radical (unpaired) electrons. The fourth-order valence-electron chi connectivity index (χ4n) is 4.09. The molecule has 2 fully saturated rings. The monoisotopic (exact) mass is 379 g/mol. The van der Waals surface area contributed by atoms with Crippen LogP contribution in [-0.4, -0.2) is 36.5 Å². The Bertz CT molecular complexity index is 558. The molecule has 146 valence electrons. The first-order valence-electron chi connectivity index (χ1n) is 10.0. The number of nitrogens with zero attached hydrogens (tertiary/aromatic N) is 1. The summed E-state index contributed by atoms with van der Waals surface area (Å²) in [6, 6.07) is 9.17. The summed E-state index contributed by atoms with van der Waals surface area (Å²) in [6.07, 6.45) is 7.29. The summed E-state index contributed by atoms with van der Waals surface area (Å²) in [7, 11) is 0. The smallest absolute Gasteiger partial charge is 0.223 e. The number of halogens is 1. The molecule has 2 heterocycles. The molecule has 0 bridgehead atoms. The Morgan fingerprint density at radius 3 is 2.65 bits per heavy atom. The lowest BCUT2D eigenvalue weighted by Crippen LogP contribution is -2.42. The highest BCUT2D eigenvalue weighted by atomic mass is 35.5. The zero-order valence-electron chi connectivity index (χ0n) is 16.0. The number of hydrogen-bond acceptors (Lipinski definition) is 3. The van der Waals surface area contributed by atoms with Crippen LogP contribution in [0.5, 0.6) is 0 Å². The Kier molecular flexibility index (Phi) is 8.89.